The third-order valence-electron chi connectivity index (χ3n) is 4.83. The molecule has 1 aliphatic rings. The van der Waals surface area contributed by atoms with Gasteiger partial charge < -0.3 is 10.0 Å². The van der Waals surface area contributed by atoms with Gasteiger partial charge in [-0.1, -0.05) is 30.0 Å². The number of halogens is 1. The molecular formula is C21H18FN3O3S. The number of fused-ring (bicyclic) bond motifs is 1. The van der Waals surface area contributed by atoms with Gasteiger partial charge in [0.1, 0.15) is 5.82 Å². The Bertz CT molecular complexity index is 1080. The van der Waals surface area contributed by atoms with Gasteiger partial charge >= 0.3 is 5.97 Å². The fraction of sp³-hybridized carbons (Fsp3) is 0.190. The van der Waals surface area contributed by atoms with Crippen LogP contribution in [0.15, 0.2) is 59.9 Å². The van der Waals surface area contributed by atoms with E-state index in [2.05, 4.69) is 4.98 Å². The zero-order valence-corrected chi connectivity index (χ0v) is 16.4. The monoisotopic (exact) mass is 411 g/mol. The van der Waals surface area contributed by atoms with Gasteiger partial charge in [-0.05, 0) is 49.2 Å². The first-order valence-corrected chi connectivity index (χ1v) is 10.0. The molecule has 0 unspecified atom stereocenters. The number of carbonyl (C=O) groups is 2. The molecule has 1 aliphatic heterocycles. The molecule has 3 aromatic rings. The smallest absolute Gasteiger partial charge is 0.354 e. The van der Waals surface area contributed by atoms with Crippen LogP contribution in [-0.4, -0.2) is 38.3 Å². The maximum absolute atomic E-state index is 13.3. The normalized spacial score (nSPS) is 15.4. The number of imidazole rings is 1. The Morgan fingerprint density at radius 2 is 1.93 bits per heavy atom. The molecule has 148 valence electrons. The highest BCUT2D eigenvalue weighted by Crippen LogP contribution is 2.33. The molecule has 1 aromatic heterocycles. The minimum atomic E-state index is -1.15. The van der Waals surface area contributed by atoms with Crippen LogP contribution in [0.25, 0.3) is 5.69 Å². The van der Waals surface area contributed by atoms with Crippen molar-refractivity contribution in [1.82, 2.24) is 9.55 Å². The summed E-state index contributed by atoms with van der Waals surface area (Å²) in [6, 6.07) is 13.4. The number of benzene rings is 2. The van der Waals surface area contributed by atoms with E-state index in [1.54, 1.807) is 4.90 Å². The number of rotatable bonds is 5. The van der Waals surface area contributed by atoms with E-state index < -0.39 is 11.8 Å². The van der Waals surface area contributed by atoms with Crippen molar-refractivity contribution in [2.45, 2.75) is 24.5 Å². The lowest BCUT2D eigenvalue weighted by Gasteiger charge is -2.22. The summed E-state index contributed by atoms with van der Waals surface area (Å²) in [5.74, 6) is -1.53. The molecule has 0 saturated carbocycles. The minimum absolute atomic E-state index is 0.0496. The molecule has 0 saturated heterocycles. The molecule has 1 atom stereocenters. The number of amides is 1. The number of para-hydroxylation sites is 1. The second kappa shape index (κ2) is 7.71. The lowest BCUT2D eigenvalue weighted by molar-refractivity contribution is -0.116. The number of aromatic carboxylic acids is 1. The molecule has 0 aliphatic carbocycles. The van der Waals surface area contributed by atoms with Crippen LogP contribution in [0.2, 0.25) is 0 Å². The maximum atomic E-state index is 13.3. The highest BCUT2D eigenvalue weighted by molar-refractivity contribution is 7.99. The van der Waals surface area contributed by atoms with Crippen LogP contribution in [0.1, 0.15) is 23.0 Å². The second-order valence-corrected chi connectivity index (χ2v) is 7.72. The molecule has 29 heavy (non-hydrogen) atoms. The van der Waals surface area contributed by atoms with Gasteiger partial charge in [0.25, 0.3) is 0 Å². The highest BCUT2D eigenvalue weighted by Gasteiger charge is 2.30. The standard InChI is InChI=1S/C21H18FN3O3S/c1-13-10-14-4-2-3-5-17(14)24(13)19(26)12-29-21-23-11-18(20(27)28)25(21)16-8-6-15(22)7-9-16/h2-9,11,13H,10,12H2,1H3,(H,27,28)/t13-/m0/s1. The van der Waals surface area contributed by atoms with Gasteiger partial charge in [0.2, 0.25) is 5.91 Å². The zero-order chi connectivity index (χ0) is 20.5. The number of carboxylic acid groups (broad SMARTS) is 1. The van der Waals surface area contributed by atoms with Crippen molar-refractivity contribution in [3.05, 3.63) is 71.8 Å². The summed E-state index contributed by atoms with van der Waals surface area (Å²) in [7, 11) is 0. The Balaban J connectivity index is 1.58. The quantitative estimate of drug-likeness (QED) is 0.647. The molecule has 6 nitrogen and oxygen atoms in total. The Kier molecular flexibility index (Phi) is 5.10. The molecule has 1 amide bonds. The summed E-state index contributed by atoms with van der Waals surface area (Å²) < 4.78 is 14.7. The van der Waals surface area contributed by atoms with Crippen molar-refractivity contribution in [2.75, 3.05) is 10.7 Å². The number of aromatic nitrogens is 2. The average molecular weight is 411 g/mol. The Labute approximate surface area is 171 Å². The maximum Gasteiger partial charge on any atom is 0.354 e. The van der Waals surface area contributed by atoms with Gasteiger partial charge in [0.15, 0.2) is 10.9 Å². The third-order valence-corrected chi connectivity index (χ3v) is 5.77. The van der Waals surface area contributed by atoms with Crippen molar-refractivity contribution >= 4 is 29.3 Å². The molecule has 4 rings (SSSR count). The zero-order valence-electron chi connectivity index (χ0n) is 15.6. The number of hydrogen-bond donors (Lipinski definition) is 1. The molecule has 1 N–H and O–H groups in total. The van der Waals surface area contributed by atoms with Crippen LogP contribution in [-0.2, 0) is 11.2 Å². The van der Waals surface area contributed by atoms with Crippen LogP contribution in [0.5, 0.6) is 0 Å². The van der Waals surface area contributed by atoms with E-state index in [-0.39, 0.29) is 23.4 Å². The van der Waals surface area contributed by atoms with Crippen molar-refractivity contribution < 1.29 is 19.1 Å². The number of anilines is 1. The molecule has 0 spiro atoms. The predicted molar refractivity (Wildman–Crippen MR) is 108 cm³/mol. The van der Waals surface area contributed by atoms with E-state index in [0.29, 0.717) is 10.8 Å². The van der Waals surface area contributed by atoms with E-state index >= 15 is 0 Å². The summed E-state index contributed by atoms with van der Waals surface area (Å²) in [5.41, 5.74) is 2.47. The van der Waals surface area contributed by atoms with Gasteiger partial charge in [-0.15, -0.1) is 0 Å². The van der Waals surface area contributed by atoms with E-state index in [4.69, 9.17) is 0 Å². The number of hydrogen-bond acceptors (Lipinski definition) is 4. The first kappa shape index (κ1) is 19.2. The summed E-state index contributed by atoms with van der Waals surface area (Å²) in [5, 5.41) is 9.83. The summed E-state index contributed by atoms with van der Waals surface area (Å²) in [6.07, 6.45) is 2.05. The van der Waals surface area contributed by atoms with Crippen LogP contribution < -0.4 is 4.90 Å². The molecule has 0 fully saturated rings. The first-order chi connectivity index (χ1) is 14.0. The largest absolute Gasteiger partial charge is 0.477 e. The fourth-order valence-electron chi connectivity index (χ4n) is 3.57. The SMILES string of the molecule is C[C@H]1Cc2ccccc2N1C(=O)CSc1ncc(C(=O)O)n1-c1ccc(F)cc1. The fourth-order valence-corrected chi connectivity index (χ4v) is 4.42. The summed E-state index contributed by atoms with van der Waals surface area (Å²) in [6.45, 7) is 2.00. The highest BCUT2D eigenvalue weighted by atomic mass is 32.2. The molecular weight excluding hydrogens is 393 g/mol. The number of nitrogens with zero attached hydrogens (tertiary/aromatic N) is 3. The van der Waals surface area contributed by atoms with Gasteiger partial charge in [-0.3, -0.25) is 9.36 Å². The van der Waals surface area contributed by atoms with Crippen molar-refractivity contribution in [3.63, 3.8) is 0 Å². The lowest BCUT2D eigenvalue weighted by Crippen LogP contribution is -2.37. The Morgan fingerprint density at radius 1 is 1.21 bits per heavy atom. The van der Waals surface area contributed by atoms with Crippen molar-refractivity contribution in [2.24, 2.45) is 0 Å². The van der Waals surface area contributed by atoms with E-state index in [0.717, 1.165) is 29.4 Å². The van der Waals surface area contributed by atoms with E-state index in [9.17, 15) is 19.1 Å². The topological polar surface area (TPSA) is 75.4 Å². The first-order valence-electron chi connectivity index (χ1n) is 9.05. The Morgan fingerprint density at radius 3 is 2.66 bits per heavy atom. The lowest BCUT2D eigenvalue weighted by atomic mass is 10.1. The van der Waals surface area contributed by atoms with E-state index in [1.165, 1.54) is 35.0 Å². The number of carboxylic acids is 1. The molecule has 0 bridgehead atoms. The predicted octanol–water partition coefficient (Wildman–Crippen LogP) is 3.78. The Hall–Kier alpha value is -3.13. The minimum Gasteiger partial charge on any atom is -0.477 e. The average Bonchev–Trinajstić information content (AvgIpc) is 3.27. The summed E-state index contributed by atoms with van der Waals surface area (Å²) >= 11 is 1.16. The molecule has 0 radical (unpaired) electrons. The van der Waals surface area contributed by atoms with Gasteiger partial charge in [0, 0.05) is 17.4 Å². The van der Waals surface area contributed by atoms with Crippen LogP contribution >= 0.6 is 11.8 Å². The van der Waals surface area contributed by atoms with Crippen molar-refractivity contribution in [1.29, 1.82) is 0 Å². The molecule has 2 heterocycles. The van der Waals surface area contributed by atoms with Crippen molar-refractivity contribution in [3.8, 4) is 5.69 Å². The number of thioether (sulfide) groups is 1. The van der Waals surface area contributed by atoms with Gasteiger partial charge in [-0.25, -0.2) is 14.2 Å². The molecule has 8 heteroatoms. The van der Waals surface area contributed by atoms with Crippen LogP contribution in [0.4, 0.5) is 10.1 Å². The summed E-state index contributed by atoms with van der Waals surface area (Å²) in [4.78, 5) is 30.5. The van der Waals surface area contributed by atoms with Crippen LogP contribution in [0.3, 0.4) is 0 Å². The van der Waals surface area contributed by atoms with Crippen LogP contribution in [0, 0.1) is 5.82 Å². The third kappa shape index (κ3) is 3.63. The second-order valence-electron chi connectivity index (χ2n) is 6.78. The van der Waals surface area contributed by atoms with Gasteiger partial charge in [-0.2, -0.15) is 0 Å². The molecule has 2 aromatic carbocycles. The van der Waals surface area contributed by atoms with E-state index in [1.807, 2.05) is 31.2 Å². The van der Waals surface area contributed by atoms with Gasteiger partial charge in [0.05, 0.1) is 11.9 Å². The number of carbonyl (C=O) groups excluding carboxylic acids is 1.